The Bertz CT molecular complexity index is 411. The molecule has 0 spiro atoms. The highest BCUT2D eigenvalue weighted by atomic mass is 32.2. The van der Waals surface area contributed by atoms with Gasteiger partial charge in [0.2, 0.25) is 0 Å². The van der Waals surface area contributed by atoms with E-state index in [4.69, 9.17) is 5.73 Å². The lowest BCUT2D eigenvalue weighted by atomic mass is 9.95. The molecule has 3 heteroatoms. The molecule has 100 valence electrons. The fraction of sp³-hybridized carbons (Fsp3) is 0.600. The van der Waals surface area contributed by atoms with Crippen LogP contribution < -0.4 is 5.73 Å². The van der Waals surface area contributed by atoms with Crippen molar-refractivity contribution in [2.75, 3.05) is 31.1 Å². The largest absolute Gasteiger partial charge is 0.329 e. The molecule has 1 aliphatic heterocycles. The maximum atomic E-state index is 6.04. The van der Waals surface area contributed by atoms with E-state index in [2.05, 4.69) is 37.8 Å². The molecule has 0 saturated carbocycles. The van der Waals surface area contributed by atoms with Gasteiger partial charge >= 0.3 is 0 Å². The predicted octanol–water partition coefficient (Wildman–Crippen LogP) is 2.66. The zero-order valence-electron chi connectivity index (χ0n) is 11.7. The molecule has 1 aromatic rings. The van der Waals surface area contributed by atoms with Gasteiger partial charge in [-0.1, -0.05) is 12.1 Å². The van der Waals surface area contributed by atoms with Crippen LogP contribution >= 0.6 is 11.8 Å². The second-order valence-electron chi connectivity index (χ2n) is 5.19. The van der Waals surface area contributed by atoms with Gasteiger partial charge in [-0.3, -0.25) is 4.90 Å². The van der Waals surface area contributed by atoms with Crippen LogP contribution in [0.4, 0.5) is 0 Å². The molecule has 1 aliphatic rings. The van der Waals surface area contributed by atoms with Gasteiger partial charge in [0.1, 0.15) is 0 Å². The summed E-state index contributed by atoms with van der Waals surface area (Å²) in [6.07, 6.45) is 0. The van der Waals surface area contributed by atoms with Gasteiger partial charge in [0.25, 0.3) is 0 Å². The Hall–Kier alpha value is -0.510. The molecule has 1 saturated heterocycles. The molecule has 1 aromatic carbocycles. The second-order valence-corrected chi connectivity index (χ2v) is 6.42. The number of thioether (sulfide) groups is 1. The summed E-state index contributed by atoms with van der Waals surface area (Å²) in [5, 5.41) is 0. The molecule has 2 rings (SSSR count). The summed E-state index contributed by atoms with van der Waals surface area (Å²) in [7, 11) is 0. The normalized spacial score (nSPS) is 18.9. The quantitative estimate of drug-likeness (QED) is 0.910. The summed E-state index contributed by atoms with van der Waals surface area (Å²) in [6, 6.07) is 5.03. The Balaban J connectivity index is 2.28. The molecule has 0 radical (unpaired) electrons. The van der Waals surface area contributed by atoms with Crippen molar-refractivity contribution in [3.63, 3.8) is 0 Å². The van der Waals surface area contributed by atoms with Crippen LogP contribution in [-0.2, 0) is 0 Å². The van der Waals surface area contributed by atoms with Gasteiger partial charge in [0.05, 0.1) is 0 Å². The number of hydrogen-bond donors (Lipinski definition) is 1. The molecule has 1 fully saturated rings. The summed E-state index contributed by atoms with van der Waals surface area (Å²) in [5.41, 5.74) is 11.6. The first-order valence-electron chi connectivity index (χ1n) is 6.73. The van der Waals surface area contributed by atoms with Crippen LogP contribution in [-0.4, -0.2) is 36.0 Å². The summed E-state index contributed by atoms with van der Waals surface area (Å²) in [6.45, 7) is 9.63. The van der Waals surface area contributed by atoms with Gasteiger partial charge in [0.15, 0.2) is 0 Å². The fourth-order valence-electron chi connectivity index (χ4n) is 2.70. The van der Waals surface area contributed by atoms with Crippen LogP contribution in [0, 0.1) is 20.8 Å². The minimum Gasteiger partial charge on any atom is -0.329 e. The highest BCUT2D eigenvalue weighted by Crippen LogP contribution is 2.27. The highest BCUT2D eigenvalue weighted by molar-refractivity contribution is 7.99. The van der Waals surface area contributed by atoms with Crippen molar-refractivity contribution in [2.45, 2.75) is 26.8 Å². The van der Waals surface area contributed by atoms with Gasteiger partial charge < -0.3 is 5.73 Å². The first-order valence-corrected chi connectivity index (χ1v) is 7.88. The van der Waals surface area contributed by atoms with Crippen molar-refractivity contribution in [3.05, 3.63) is 34.4 Å². The fourth-order valence-corrected chi connectivity index (χ4v) is 3.64. The third kappa shape index (κ3) is 2.90. The third-order valence-electron chi connectivity index (χ3n) is 3.95. The van der Waals surface area contributed by atoms with Gasteiger partial charge in [-0.25, -0.2) is 0 Å². The first kappa shape index (κ1) is 13.9. The second kappa shape index (κ2) is 6.09. The molecular weight excluding hydrogens is 240 g/mol. The number of nitrogens with zero attached hydrogens (tertiary/aromatic N) is 1. The van der Waals surface area contributed by atoms with E-state index in [-0.39, 0.29) is 0 Å². The monoisotopic (exact) mass is 264 g/mol. The van der Waals surface area contributed by atoms with Crippen molar-refractivity contribution in [1.29, 1.82) is 0 Å². The van der Waals surface area contributed by atoms with Crippen molar-refractivity contribution in [3.8, 4) is 0 Å². The lowest BCUT2D eigenvalue weighted by Gasteiger charge is -2.35. The van der Waals surface area contributed by atoms with Crippen LogP contribution in [0.5, 0.6) is 0 Å². The molecule has 2 nitrogen and oxygen atoms in total. The maximum absolute atomic E-state index is 6.04. The van der Waals surface area contributed by atoms with E-state index in [1.165, 1.54) is 46.8 Å². The highest BCUT2D eigenvalue weighted by Gasteiger charge is 2.22. The Morgan fingerprint density at radius 3 is 2.33 bits per heavy atom. The number of benzene rings is 1. The lowest BCUT2D eigenvalue weighted by molar-refractivity contribution is 0.222. The van der Waals surface area contributed by atoms with Gasteiger partial charge in [-0.05, 0) is 43.0 Å². The molecule has 0 amide bonds. The van der Waals surface area contributed by atoms with Crippen LogP contribution in [0.25, 0.3) is 0 Å². The van der Waals surface area contributed by atoms with Crippen molar-refractivity contribution < 1.29 is 0 Å². The summed E-state index contributed by atoms with van der Waals surface area (Å²) in [5.74, 6) is 2.47. The van der Waals surface area contributed by atoms with Crippen LogP contribution in [0.3, 0.4) is 0 Å². The average molecular weight is 264 g/mol. The van der Waals surface area contributed by atoms with E-state index in [9.17, 15) is 0 Å². The molecule has 2 N–H and O–H groups in total. The van der Waals surface area contributed by atoms with E-state index in [1.54, 1.807) is 0 Å². The zero-order valence-corrected chi connectivity index (χ0v) is 12.5. The topological polar surface area (TPSA) is 29.3 Å². The van der Waals surface area contributed by atoms with Crippen LogP contribution in [0.2, 0.25) is 0 Å². The Morgan fingerprint density at radius 1 is 1.11 bits per heavy atom. The number of aryl methyl sites for hydroxylation is 3. The molecule has 1 unspecified atom stereocenters. The van der Waals surface area contributed by atoms with Gasteiger partial charge in [0, 0.05) is 37.2 Å². The van der Waals surface area contributed by atoms with E-state index in [0.717, 1.165) is 0 Å². The molecular formula is C15H24N2S. The Labute approximate surface area is 115 Å². The molecule has 0 aromatic heterocycles. The molecule has 0 bridgehead atoms. The van der Waals surface area contributed by atoms with E-state index >= 15 is 0 Å². The summed E-state index contributed by atoms with van der Waals surface area (Å²) in [4.78, 5) is 2.55. The van der Waals surface area contributed by atoms with Gasteiger partial charge in [-0.2, -0.15) is 11.8 Å². The number of rotatable bonds is 3. The van der Waals surface area contributed by atoms with Crippen molar-refractivity contribution >= 4 is 11.8 Å². The predicted molar refractivity (Wildman–Crippen MR) is 81.3 cm³/mol. The van der Waals surface area contributed by atoms with Crippen LogP contribution in [0.1, 0.15) is 28.3 Å². The number of hydrogen-bond acceptors (Lipinski definition) is 3. The lowest BCUT2D eigenvalue weighted by Crippen LogP contribution is -2.39. The minimum absolute atomic E-state index is 0.394. The maximum Gasteiger partial charge on any atom is 0.0473 e. The van der Waals surface area contributed by atoms with Crippen molar-refractivity contribution in [1.82, 2.24) is 4.90 Å². The molecule has 1 atom stereocenters. The average Bonchev–Trinajstić information content (AvgIpc) is 2.38. The van der Waals surface area contributed by atoms with Crippen LogP contribution in [0.15, 0.2) is 12.1 Å². The zero-order chi connectivity index (χ0) is 13.1. The SMILES string of the molecule is Cc1cc(C)c(C(CN)N2CCSCC2)cc1C. The standard InChI is InChI=1S/C15H24N2S/c1-11-8-13(3)14(9-12(11)2)15(10-16)17-4-6-18-7-5-17/h8-9,15H,4-7,10,16H2,1-3H3. The Morgan fingerprint density at radius 2 is 1.72 bits per heavy atom. The van der Waals surface area contributed by atoms with Crippen molar-refractivity contribution in [2.24, 2.45) is 5.73 Å². The summed E-state index contributed by atoms with van der Waals surface area (Å²) < 4.78 is 0. The smallest absolute Gasteiger partial charge is 0.0473 e. The molecule has 18 heavy (non-hydrogen) atoms. The first-order chi connectivity index (χ1) is 8.63. The Kier molecular flexibility index (Phi) is 4.71. The van der Waals surface area contributed by atoms with E-state index < -0.39 is 0 Å². The number of nitrogens with two attached hydrogens (primary N) is 1. The van der Waals surface area contributed by atoms with Gasteiger partial charge in [-0.15, -0.1) is 0 Å². The third-order valence-corrected chi connectivity index (χ3v) is 4.89. The van der Waals surface area contributed by atoms with E-state index in [0.29, 0.717) is 12.6 Å². The minimum atomic E-state index is 0.394. The molecule has 1 heterocycles. The summed E-state index contributed by atoms with van der Waals surface area (Å²) >= 11 is 2.05. The molecule has 0 aliphatic carbocycles. The van der Waals surface area contributed by atoms with E-state index in [1.807, 2.05) is 11.8 Å².